The lowest BCUT2D eigenvalue weighted by Crippen LogP contribution is -2.46. The average molecular weight is 383 g/mol. The number of rotatable bonds is 7. The first-order chi connectivity index (χ1) is 13.2. The van der Waals surface area contributed by atoms with Gasteiger partial charge in [0.15, 0.2) is 5.60 Å². The molecule has 8 nitrogen and oxygen atoms in total. The molecule has 1 atom stereocenters. The van der Waals surface area contributed by atoms with E-state index in [-0.39, 0.29) is 6.61 Å². The molecule has 1 aromatic carbocycles. The molecule has 0 saturated carbocycles. The van der Waals surface area contributed by atoms with E-state index in [2.05, 4.69) is 10.3 Å². The summed E-state index contributed by atoms with van der Waals surface area (Å²) in [6, 6.07) is 10.4. The average Bonchev–Trinajstić information content (AvgIpc) is 3.06. The molecule has 8 heteroatoms. The highest BCUT2D eigenvalue weighted by Crippen LogP contribution is 2.16. The highest BCUT2D eigenvalue weighted by Gasteiger charge is 2.30. The van der Waals surface area contributed by atoms with Crippen molar-refractivity contribution >= 4 is 17.5 Å². The zero-order chi connectivity index (χ0) is 20.3. The summed E-state index contributed by atoms with van der Waals surface area (Å²) >= 11 is 0. The van der Waals surface area contributed by atoms with E-state index in [0.29, 0.717) is 11.3 Å². The Morgan fingerprint density at radius 2 is 2.04 bits per heavy atom. The van der Waals surface area contributed by atoms with Crippen molar-refractivity contribution in [1.29, 1.82) is 0 Å². The Labute approximate surface area is 161 Å². The number of carbonyl (C=O) groups excluding carboxylic acids is 1. The van der Waals surface area contributed by atoms with E-state index in [1.54, 1.807) is 24.3 Å². The second-order valence-electron chi connectivity index (χ2n) is 6.78. The number of aromatic nitrogens is 2. The molecule has 146 valence electrons. The highest BCUT2D eigenvalue weighted by molar-refractivity contribution is 5.95. The van der Waals surface area contributed by atoms with Crippen molar-refractivity contribution < 1.29 is 24.5 Å². The van der Waals surface area contributed by atoms with Crippen LogP contribution in [0.2, 0.25) is 0 Å². The van der Waals surface area contributed by atoms with E-state index in [9.17, 15) is 14.7 Å². The Morgan fingerprint density at radius 1 is 1.25 bits per heavy atom. The minimum absolute atomic E-state index is 0.236. The van der Waals surface area contributed by atoms with Crippen LogP contribution in [0.4, 0.5) is 0 Å². The SMILES string of the molecule is Cc1ccc2nc(COc3cccc(C(=O)NCC(C)(O)C(=O)O)c3)cn2c1. The van der Waals surface area contributed by atoms with Crippen LogP contribution in [0.15, 0.2) is 48.8 Å². The standard InChI is InChI=1S/C20H21N3O5/c1-13-6-7-17-22-15(10-23(17)9-13)11-28-16-5-3-4-14(8-16)18(24)21-12-20(2,27)19(25)26/h3-10,27H,11-12H2,1-2H3,(H,21,24)(H,25,26). The number of pyridine rings is 1. The largest absolute Gasteiger partial charge is 0.487 e. The van der Waals surface area contributed by atoms with Crippen LogP contribution in [0.3, 0.4) is 0 Å². The number of aliphatic carboxylic acids is 1. The Balaban J connectivity index is 1.64. The van der Waals surface area contributed by atoms with Crippen LogP contribution in [0.5, 0.6) is 5.75 Å². The number of carboxylic acids is 1. The number of carboxylic acid groups (broad SMARTS) is 1. The smallest absolute Gasteiger partial charge is 0.337 e. The van der Waals surface area contributed by atoms with Crippen molar-refractivity contribution in [1.82, 2.24) is 14.7 Å². The van der Waals surface area contributed by atoms with Crippen LogP contribution in [-0.2, 0) is 11.4 Å². The Morgan fingerprint density at radius 3 is 2.79 bits per heavy atom. The summed E-state index contributed by atoms with van der Waals surface area (Å²) in [5, 5.41) is 21.0. The summed E-state index contributed by atoms with van der Waals surface area (Å²) < 4.78 is 7.65. The Kier molecular flexibility index (Phi) is 5.32. The minimum atomic E-state index is -2.04. The van der Waals surface area contributed by atoms with Gasteiger partial charge in [-0.1, -0.05) is 12.1 Å². The van der Waals surface area contributed by atoms with Crippen molar-refractivity contribution in [3.63, 3.8) is 0 Å². The molecule has 0 saturated heterocycles. The molecule has 2 aromatic heterocycles. The van der Waals surface area contributed by atoms with Gasteiger partial charge in [0, 0.05) is 18.0 Å². The van der Waals surface area contributed by atoms with Gasteiger partial charge in [-0.3, -0.25) is 4.79 Å². The van der Waals surface area contributed by atoms with Crippen LogP contribution in [0, 0.1) is 6.92 Å². The molecule has 3 rings (SSSR count). The van der Waals surface area contributed by atoms with Gasteiger partial charge in [0.25, 0.3) is 5.91 Å². The molecule has 0 aliphatic rings. The molecule has 0 radical (unpaired) electrons. The molecule has 3 aromatic rings. The normalized spacial score (nSPS) is 13.1. The van der Waals surface area contributed by atoms with Gasteiger partial charge in [0.05, 0.1) is 12.2 Å². The molecule has 1 unspecified atom stereocenters. The van der Waals surface area contributed by atoms with Gasteiger partial charge in [0.1, 0.15) is 18.0 Å². The number of nitrogens with one attached hydrogen (secondary N) is 1. The number of imidazole rings is 1. The molecular formula is C20H21N3O5. The van der Waals surface area contributed by atoms with E-state index in [1.165, 1.54) is 0 Å². The zero-order valence-corrected chi connectivity index (χ0v) is 15.5. The monoisotopic (exact) mass is 383 g/mol. The third-order valence-electron chi connectivity index (χ3n) is 4.19. The van der Waals surface area contributed by atoms with Gasteiger partial charge in [-0.25, -0.2) is 9.78 Å². The van der Waals surface area contributed by atoms with Crippen LogP contribution in [0.1, 0.15) is 28.5 Å². The molecule has 0 spiro atoms. The molecule has 28 heavy (non-hydrogen) atoms. The number of nitrogens with zero attached hydrogens (tertiary/aromatic N) is 2. The number of aliphatic hydroxyl groups is 1. The Bertz CT molecular complexity index is 1030. The lowest BCUT2D eigenvalue weighted by Gasteiger charge is -2.18. The van der Waals surface area contributed by atoms with Gasteiger partial charge in [-0.05, 0) is 43.7 Å². The molecule has 0 aliphatic carbocycles. The molecule has 0 fully saturated rings. The van der Waals surface area contributed by atoms with Gasteiger partial charge >= 0.3 is 5.97 Å². The predicted octanol–water partition coefficient (Wildman–Crippen LogP) is 1.79. The number of hydrogen-bond donors (Lipinski definition) is 3. The van der Waals surface area contributed by atoms with Crippen molar-refractivity contribution in [2.24, 2.45) is 0 Å². The minimum Gasteiger partial charge on any atom is -0.487 e. The van der Waals surface area contributed by atoms with Crippen molar-refractivity contribution in [2.75, 3.05) is 6.54 Å². The summed E-state index contributed by atoms with van der Waals surface area (Å²) in [6.45, 7) is 2.94. The van der Waals surface area contributed by atoms with E-state index < -0.39 is 24.0 Å². The van der Waals surface area contributed by atoms with E-state index >= 15 is 0 Å². The topological polar surface area (TPSA) is 113 Å². The van der Waals surface area contributed by atoms with E-state index in [1.807, 2.05) is 35.9 Å². The van der Waals surface area contributed by atoms with Gasteiger partial charge in [0.2, 0.25) is 0 Å². The second kappa shape index (κ2) is 7.69. The number of fused-ring (bicyclic) bond motifs is 1. The maximum absolute atomic E-state index is 12.2. The fraction of sp³-hybridized carbons (Fsp3) is 0.250. The van der Waals surface area contributed by atoms with Crippen molar-refractivity contribution in [2.45, 2.75) is 26.1 Å². The fourth-order valence-corrected chi connectivity index (χ4v) is 2.54. The molecule has 1 amide bonds. The summed E-state index contributed by atoms with van der Waals surface area (Å²) in [5.41, 5.74) is 0.952. The van der Waals surface area contributed by atoms with Crippen LogP contribution in [0.25, 0.3) is 5.65 Å². The number of carbonyl (C=O) groups is 2. The number of hydrogen-bond acceptors (Lipinski definition) is 5. The zero-order valence-electron chi connectivity index (χ0n) is 15.5. The number of amides is 1. The van der Waals surface area contributed by atoms with E-state index in [4.69, 9.17) is 9.84 Å². The highest BCUT2D eigenvalue weighted by atomic mass is 16.5. The molecular weight excluding hydrogens is 362 g/mol. The Hall–Kier alpha value is -3.39. The summed E-state index contributed by atoms with van der Waals surface area (Å²) in [7, 11) is 0. The van der Waals surface area contributed by atoms with Gasteiger partial charge < -0.3 is 24.7 Å². The molecule has 0 bridgehead atoms. The van der Waals surface area contributed by atoms with Crippen LogP contribution in [-0.4, -0.2) is 43.6 Å². The van der Waals surface area contributed by atoms with Gasteiger partial charge in [-0.2, -0.15) is 0 Å². The van der Waals surface area contributed by atoms with E-state index in [0.717, 1.165) is 23.8 Å². The third kappa shape index (κ3) is 4.47. The number of benzene rings is 1. The summed E-state index contributed by atoms with van der Waals surface area (Å²) in [5.74, 6) is -1.44. The third-order valence-corrected chi connectivity index (χ3v) is 4.19. The molecule has 3 N–H and O–H groups in total. The van der Waals surface area contributed by atoms with Crippen LogP contribution >= 0.6 is 0 Å². The predicted molar refractivity (Wildman–Crippen MR) is 101 cm³/mol. The van der Waals surface area contributed by atoms with Gasteiger partial charge in [-0.15, -0.1) is 0 Å². The lowest BCUT2D eigenvalue weighted by molar-refractivity contribution is -0.155. The first-order valence-corrected chi connectivity index (χ1v) is 8.66. The fourth-order valence-electron chi connectivity index (χ4n) is 2.54. The second-order valence-corrected chi connectivity index (χ2v) is 6.78. The molecule has 2 heterocycles. The molecule has 0 aliphatic heterocycles. The number of ether oxygens (including phenoxy) is 1. The van der Waals surface area contributed by atoms with Crippen LogP contribution < -0.4 is 10.1 Å². The van der Waals surface area contributed by atoms with Crippen molar-refractivity contribution in [3.8, 4) is 5.75 Å². The van der Waals surface area contributed by atoms with Crippen molar-refractivity contribution in [3.05, 3.63) is 65.6 Å². The maximum Gasteiger partial charge on any atom is 0.337 e. The maximum atomic E-state index is 12.2. The lowest BCUT2D eigenvalue weighted by atomic mass is 10.1. The summed E-state index contributed by atoms with van der Waals surface area (Å²) in [4.78, 5) is 27.6. The summed E-state index contributed by atoms with van der Waals surface area (Å²) in [6.07, 6.45) is 3.86. The number of aryl methyl sites for hydroxylation is 1. The first kappa shape index (κ1) is 19.4. The quantitative estimate of drug-likeness (QED) is 0.573. The first-order valence-electron chi connectivity index (χ1n) is 8.66.